The molecular weight excluding hydrogens is 284 g/mol. The molecule has 5 nitrogen and oxygen atoms in total. The van der Waals surface area contributed by atoms with Gasteiger partial charge in [0.2, 0.25) is 0 Å². The first-order valence-electron chi connectivity index (χ1n) is 6.18. The topological polar surface area (TPSA) is 60.9 Å². The van der Waals surface area contributed by atoms with Gasteiger partial charge in [0.25, 0.3) is 10.0 Å². The van der Waals surface area contributed by atoms with Crippen LogP contribution in [0.3, 0.4) is 0 Å². The zero-order chi connectivity index (χ0) is 14.3. The summed E-state index contributed by atoms with van der Waals surface area (Å²) in [5.41, 5.74) is -0.164. The normalized spacial score (nSPS) is 21.7. The molecule has 0 atom stereocenters. The molecule has 1 N–H and O–H groups in total. The van der Waals surface area contributed by atoms with Crippen LogP contribution in [0, 0.1) is 0 Å². The number of nitrogens with zero attached hydrogens (tertiary/aromatic N) is 2. The van der Waals surface area contributed by atoms with Crippen molar-refractivity contribution in [2.24, 2.45) is 0 Å². The summed E-state index contributed by atoms with van der Waals surface area (Å²) >= 11 is 1.14. The molecule has 1 fully saturated rings. The Bertz CT molecular complexity index is 551. The van der Waals surface area contributed by atoms with E-state index >= 15 is 0 Å². The van der Waals surface area contributed by atoms with Crippen LogP contribution in [0.25, 0.3) is 0 Å². The molecule has 2 heterocycles. The predicted octanol–water partition coefficient (Wildman–Crippen LogP) is 0.955. The van der Waals surface area contributed by atoms with Gasteiger partial charge < -0.3 is 5.11 Å². The molecule has 1 aromatic rings. The molecule has 0 saturated carbocycles. The Kier molecular flexibility index (Phi) is 4.04. The van der Waals surface area contributed by atoms with Crippen LogP contribution in [-0.2, 0) is 16.6 Å². The average Bonchev–Trinajstić information content (AvgIpc) is 2.81. The lowest BCUT2D eigenvalue weighted by molar-refractivity contribution is 0.0802. The van der Waals surface area contributed by atoms with E-state index in [9.17, 15) is 8.42 Å². The second-order valence-electron chi connectivity index (χ2n) is 5.45. The summed E-state index contributed by atoms with van der Waals surface area (Å²) < 4.78 is 27.0. The van der Waals surface area contributed by atoms with Crippen molar-refractivity contribution < 1.29 is 13.5 Å². The molecule has 1 aliphatic heterocycles. The van der Waals surface area contributed by atoms with Crippen molar-refractivity contribution in [2.75, 3.05) is 26.7 Å². The number of hydrogen-bond donors (Lipinski definition) is 1. The van der Waals surface area contributed by atoms with Crippen LogP contribution >= 0.6 is 11.3 Å². The third-order valence-electron chi connectivity index (χ3n) is 3.67. The number of sulfonamides is 1. The highest BCUT2D eigenvalue weighted by atomic mass is 32.2. The van der Waals surface area contributed by atoms with Gasteiger partial charge >= 0.3 is 0 Å². The van der Waals surface area contributed by atoms with E-state index in [2.05, 4.69) is 4.90 Å². The van der Waals surface area contributed by atoms with Crippen molar-refractivity contribution in [3.05, 3.63) is 17.0 Å². The number of likely N-dealkylation sites (N-methyl/N-ethyl adjacent to an activating group) is 1. The Morgan fingerprint density at radius 1 is 1.37 bits per heavy atom. The quantitative estimate of drug-likeness (QED) is 0.903. The van der Waals surface area contributed by atoms with Crippen molar-refractivity contribution in [2.45, 2.75) is 30.2 Å². The summed E-state index contributed by atoms with van der Waals surface area (Å²) in [6, 6.07) is 3.25. The van der Waals surface area contributed by atoms with Crippen LogP contribution in [0.2, 0.25) is 0 Å². The van der Waals surface area contributed by atoms with Crippen molar-refractivity contribution in [3.8, 4) is 0 Å². The van der Waals surface area contributed by atoms with Gasteiger partial charge in [0.15, 0.2) is 0 Å². The maximum absolute atomic E-state index is 12.5. The molecule has 0 aliphatic carbocycles. The molecule has 108 valence electrons. The summed E-state index contributed by atoms with van der Waals surface area (Å²) in [5, 5.41) is 9.04. The van der Waals surface area contributed by atoms with E-state index in [0.29, 0.717) is 22.2 Å². The molecular formula is C12H20N2O3S2. The second kappa shape index (κ2) is 5.14. The Morgan fingerprint density at radius 2 is 2.05 bits per heavy atom. The van der Waals surface area contributed by atoms with E-state index in [0.717, 1.165) is 17.9 Å². The van der Waals surface area contributed by atoms with Gasteiger partial charge in [-0.05, 0) is 33.0 Å². The first-order valence-corrected chi connectivity index (χ1v) is 8.44. The molecule has 7 heteroatoms. The fourth-order valence-corrected chi connectivity index (χ4v) is 5.07. The van der Waals surface area contributed by atoms with Crippen LogP contribution in [0.15, 0.2) is 16.3 Å². The summed E-state index contributed by atoms with van der Waals surface area (Å²) in [7, 11) is -1.42. The molecule has 1 aliphatic rings. The van der Waals surface area contributed by atoms with E-state index in [-0.39, 0.29) is 12.1 Å². The number of aliphatic hydroxyl groups excluding tert-OH is 1. The summed E-state index contributed by atoms with van der Waals surface area (Å²) in [6.07, 6.45) is 0. The molecule has 0 spiro atoms. The highest BCUT2D eigenvalue weighted by molar-refractivity contribution is 7.91. The first kappa shape index (κ1) is 14.9. The number of aliphatic hydroxyl groups is 1. The van der Waals surface area contributed by atoms with E-state index in [4.69, 9.17) is 5.11 Å². The first-order chi connectivity index (χ1) is 8.77. The van der Waals surface area contributed by atoms with Crippen molar-refractivity contribution >= 4 is 21.4 Å². The van der Waals surface area contributed by atoms with Gasteiger partial charge in [-0.15, -0.1) is 11.3 Å². The number of thiophene rings is 1. The number of rotatable bonds is 3. The predicted molar refractivity (Wildman–Crippen MR) is 75.7 cm³/mol. The van der Waals surface area contributed by atoms with E-state index < -0.39 is 10.0 Å². The molecule has 19 heavy (non-hydrogen) atoms. The summed E-state index contributed by atoms with van der Waals surface area (Å²) in [4.78, 5) is 2.85. The minimum absolute atomic E-state index is 0.117. The lowest BCUT2D eigenvalue weighted by atomic mass is 10.0. The Labute approximate surface area is 118 Å². The monoisotopic (exact) mass is 304 g/mol. The Morgan fingerprint density at radius 3 is 2.58 bits per heavy atom. The third kappa shape index (κ3) is 2.85. The molecule has 0 aromatic carbocycles. The lowest BCUT2D eigenvalue weighted by Gasteiger charge is -2.44. The average molecular weight is 304 g/mol. The largest absolute Gasteiger partial charge is 0.391 e. The molecule has 1 saturated heterocycles. The lowest BCUT2D eigenvalue weighted by Crippen LogP contribution is -2.58. The molecule has 1 aromatic heterocycles. The highest BCUT2D eigenvalue weighted by Crippen LogP contribution is 2.28. The van der Waals surface area contributed by atoms with Gasteiger partial charge in [-0.1, -0.05) is 0 Å². The minimum atomic E-state index is -3.43. The maximum Gasteiger partial charge on any atom is 0.252 e. The number of hydrogen-bond acceptors (Lipinski definition) is 5. The van der Waals surface area contributed by atoms with Gasteiger partial charge in [0, 0.05) is 30.1 Å². The van der Waals surface area contributed by atoms with Gasteiger partial charge in [0.05, 0.1) is 6.61 Å². The van der Waals surface area contributed by atoms with Gasteiger partial charge in [-0.3, -0.25) is 4.90 Å². The summed E-state index contributed by atoms with van der Waals surface area (Å²) in [5.74, 6) is 0. The van der Waals surface area contributed by atoms with E-state index in [1.54, 1.807) is 16.4 Å². The van der Waals surface area contributed by atoms with Crippen LogP contribution in [-0.4, -0.2) is 55.0 Å². The van der Waals surface area contributed by atoms with E-state index in [1.165, 1.54) is 0 Å². The Balaban J connectivity index is 2.25. The van der Waals surface area contributed by atoms with Crippen molar-refractivity contribution in [1.29, 1.82) is 0 Å². The fraction of sp³-hybridized carbons (Fsp3) is 0.667. The summed E-state index contributed by atoms with van der Waals surface area (Å²) in [6.45, 7) is 5.69. The third-order valence-corrected chi connectivity index (χ3v) is 7.05. The van der Waals surface area contributed by atoms with Crippen LogP contribution in [0.4, 0.5) is 0 Å². The maximum atomic E-state index is 12.5. The standard InChI is InChI=1S/C12H20N2O3S2/c1-12(2)9-14(7-6-13(12)3)19(16,17)11-5-4-10(8-15)18-11/h4-5,15H,6-9H2,1-3H3. The van der Waals surface area contributed by atoms with Crippen molar-refractivity contribution in [1.82, 2.24) is 9.21 Å². The molecule has 0 radical (unpaired) electrons. The molecule has 0 bridgehead atoms. The Hall–Kier alpha value is -0.470. The fourth-order valence-electron chi connectivity index (χ4n) is 2.11. The SMILES string of the molecule is CN1CCN(S(=O)(=O)c2ccc(CO)s2)CC1(C)C. The van der Waals surface area contributed by atoms with Crippen LogP contribution in [0.5, 0.6) is 0 Å². The van der Waals surface area contributed by atoms with Gasteiger partial charge in [0.1, 0.15) is 4.21 Å². The van der Waals surface area contributed by atoms with Gasteiger partial charge in [-0.2, -0.15) is 4.31 Å². The smallest absolute Gasteiger partial charge is 0.252 e. The van der Waals surface area contributed by atoms with Gasteiger partial charge in [-0.25, -0.2) is 8.42 Å². The highest BCUT2D eigenvalue weighted by Gasteiger charge is 2.37. The van der Waals surface area contributed by atoms with Crippen LogP contribution in [0.1, 0.15) is 18.7 Å². The zero-order valence-corrected chi connectivity index (χ0v) is 13.1. The molecule has 2 rings (SSSR count). The van der Waals surface area contributed by atoms with Crippen LogP contribution < -0.4 is 0 Å². The van der Waals surface area contributed by atoms with Crippen molar-refractivity contribution in [3.63, 3.8) is 0 Å². The zero-order valence-electron chi connectivity index (χ0n) is 11.5. The second-order valence-corrected chi connectivity index (χ2v) is 8.78. The minimum Gasteiger partial charge on any atom is -0.391 e. The molecule has 0 unspecified atom stereocenters. The molecule has 0 amide bonds. The van der Waals surface area contributed by atoms with E-state index in [1.807, 2.05) is 20.9 Å². The number of piperazine rings is 1.